The van der Waals surface area contributed by atoms with Gasteiger partial charge in [-0.25, -0.2) is 9.67 Å². The van der Waals surface area contributed by atoms with Gasteiger partial charge in [0.05, 0.1) is 5.52 Å². The van der Waals surface area contributed by atoms with E-state index in [0.717, 1.165) is 5.52 Å². The second-order valence-corrected chi connectivity index (χ2v) is 3.19. The van der Waals surface area contributed by atoms with Gasteiger partial charge < -0.3 is 5.73 Å². The Hall–Kier alpha value is -1.65. The van der Waals surface area contributed by atoms with Gasteiger partial charge in [0, 0.05) is 12.2 Å². The highest BCUT2D eigenvalue weighted by Crippen LogP contribution is 2.17. The number of fused-ring (bicyclic) bond motifs is 1. The molecule has 0 radical (unpaired) electrons. The van der Waals surface area contributed by atoms with Crippen molar-refractivity contribution in [1.29, 1.82) is 0 Å². The smallest absolute Gasteiger partial charge is 0.155 e. The predicted octanol–water partition coefficient (Wildman–Crippen LogP) is 0.989. The van der Waals surface area contributed by atoms with Crippen molar-refractivity contribution in [2.45, 2.75) is 19.9 Å². The predicted molar refractivity (Wildman–Crippen MR) is 50.1 cm³/mol. The molecule has 0 aromatic carbocycles. The van der Waals surface area contributed by atoms with Gasteiger partial charge in [-0.1, -0.05) is 5.21 Å². The van der Waals surface area contributed by atoms with Gasteiger partial charge in [-0.05, 0) is 19.9 Å². The summed E-state index contributed by atoms with van der Waals surface area (Å²) in [7, 11) is 0. The summed E-state index contributed by atoms with van der Waals surface area (Å²) in [6.07, 6.45) is 1.67. The Morgan fingerprint density at radius 3 is 2.92 bits per heavy atom. The molecule has 0 aliphatic carbocycles. The molecule has 0 saturated heterocycles. The maximum absolute atomic E-state index is 5.64. The Labute approximate surface area is 75.6 Å². The molecule has 0 aliphatic heterocycles. The van der Waals surface area contributed by atoms with Crippen molar-refractivity contribution in [1.82, 2.24) is 20.0 Å². The molecule has 0 unspecified atom stereocenters. The number of nitrogens with two attached hydrogens (primary N) is 1. The third-order valence-corrected chi connectivity index (χ3v) is 1.91. The average Bonchev–Trinajstić information content (AvgIpc) is 2.48. The summed E-state index contributed by atoms with van der Waals surface area (Å²) >= 11 is 0. The van der Waals surface area contributed by atoms with Crippen LogP contribution >= 0.6 is 0 Å². The molecule has 0 bridgehead atoms. The molecule has 5 nitrogen and oxygen atoms in total. The lowest BCUT2D eigenvalue weighted by Gasteiger charge is -2.04. The number of anilines is 1. The number of hydrogen-bond donors (Lipinski definition) is 1. The topological polar surface area (TPSA) is 69.6 Å². The van der Waals surface area contributed by atoms with Crippen molar-refractivity contribution in [3.63, 3.8) is 0 Å². The first-order valence-electron chi connectivity index (χ1n) is 4.15. The normalized spacial score (nSPS) is 11.3. The van der Waals surface area contributed by atoms with Crippen LogP contribution in [0.15, 0.2) is 12.3 Å². The molecule has 0 atom stereocenters. The molecule has 2 N–H and O–H groups in total. The summed E-state index contributed by atoms with van der Waals surface area (Å²) in [4.78, 5) is 3.94. The van der Waals surface area contributed by atoms with Gasteiger partial charge in [0.25, 0.3) is 0 Å². The van der Waals surface area contributed by atoms with E-state index in [1.165, 1.54) is 0 Å². The zero-order chi connectivity index (χ0) is 9.42. The lowest BCUT2D eigenvalue weighted by Crippen LogP contribution is -2.02. The molecule has 2 rings (SSSR count). The molecule has 13 heavy (non-hydrogen) atoms. The zero-order valence-electron chi connectivity index (χ0n) is 7.60. The largest absolute Gasteiger partial charge is 0.382 e. The highest BCUT2D eigenvalue weighted by molar-refractivity contribution is 5.83. The SMILES string of the molecule is CC(C)n1nnc2c(N)nccc21. The van der Waals surface area contributed by atoms with Crippen molar-refractivity contribution >= 4 is 16.9 Å². The number of hydrogen-bond acceptors (Lipinski definition) is 4. The van der Waals surface area contributed by atoms with Crippen LogP contribution in [0.25, 0.3) is 11.0 Å². The van der Waals surface area contributed by atoms with Crippen LogP contribution in [0.2, 0.25) is 0 Å². The molecule has 0 spiro atoms. The third-order valence-electron chi connectivity index (χ3n) is 1.91. The Kier molecular flexibility index (Phi) is 1.65. The summed E-state index contributed by atoms with van der Waals surface area (Å²) in [6, 6.07) is 2.15. The van der Waals surface area contributed by atoms with Crippen LogP contribution in [0.4, 0.5) is 5.82 Å². The van der Waals surface area contributed by atoms with E-state index >= 15 is 0 Å². The minimum absolute atomic E-state index is 0.284. The van der Waals surface area contributed by atoms with E-state index in [1.807, 2.05) is 24.6 Å². The molecule has 0 aliphatic rings. The van der Waals surface area contributed by atoms with Crippen LogP contribution < -0.4 is 5.73 Å². The number of pyridine rings is 1. The molecule has 5 heteroatoms. The van der Waals surface area contributed by atoms with E-state index < -0.39 is 0 Å². The average molecular weight is 177 g/mol. The van der Waals surface area contributed by atoms with Gasteiger partial charge in [-0.3, -0.25) is 0 Å². The van der Waals surface area contributed by atoms with Gasteiger partial charge >= 0.3 is 0 Å². The lowest BCUT2D eigenvalue weighted by atomic mass is 10.3. The summed E-state index contributed by atoms with van der Waals surface area (Å²) < 4.78 is 1.83. The lowest BCUT2D eigenvalue weighted by molar-refractivity contribution is 0.530. The van der Waals surface area contributed by atoms with Crippen molar-refractivity contribution < 1.29 is 0 Å². The molecule has 2 heterocycles. The fourth-order valence-corrected chi connectivity index (χ4v) is 1.27. The summed E-state index contributed by atoms with van der Waals surface area (Å²) in [5.41, 5.74) is 7.25. The van der Waals surface area contributed by atoms with E-state index in [-0.39, 0.29) is 6.04 Å². The van der Waals surface area contributed by atoms with Gasteiger partial charge in [0.2, 0.25) is 0 Å². The van der Waals surface area contributed by atoms with Crippen LogP contribution in [0.3, 0.4) is 0 Å². The molecule has 0 amide bonds. The molecule has 0 fully saturated rings. The molecule has 2 aromatic rings. The third kappa shape index (κ3) is 1.12. The van der Waals surface area contributed by atoms with Gasteiger partial charge in [-0.15, -0.1) is 5.10 Å². The minimum atomic E-state index is 0.284. The van der Waals surface area contributed by atoms with Crippen molar-refractivity contribution in [3.05, 3.63) is 12.3 Å². The first-order valence-corrected chi connectivity index (χ1v) is 4.15. The van der Waals surface area contributed by atoms with E-state index in [9.17, 15) is 0 Å². The fraction of sp³-hybridized carbons (Fsp3) is 0.375. The number of nitrogens with zero attached hydrogens (tertiary/aromatic N) is 4. The standard InChI is InChI=1S/C8H11N5/c1-5(2)13-6-3-4-10-8(9)7(6)11-12-13/h3-5H,1-2H3,(H2,9,10). The molecule has 68 valence electrons. The van der Waals surface area contributed by atoms with Gasteiger partial charge in [0.15, 0.2) is 11.3 Å². The van der Waals surface area contributed by atoms with Gasteiger partial charge in [0.1, 0.15) is 0 Å². The minimum Gasteiger partial charge on any atom is -0.382 e. The highest BCUT2D eigenvalue weighted by atomic mass is 15.4. The first-order chi connectivity index (χ1) is 6.20. The van der Waals surface area contributed by atoms with Gasteiger partial charge in [-0.2, -0.15) is 0 Å². The second kappa shape index (κ2) is 2.69. The summed E-state index contributed by atoms with van der Waals surface area (Å²) in [6.45, 7) is 4.09. The molecule has 0 saturated carbocycles. The van der Waals surface area contributed by atoms with Crippen LogP contribution in [0.5, 0.6) is 0 Å². The molecular weight excluding hydrogens is 166 g/mol. The van der Waals surface area contributed by atoms with Crippen LogP contribution in [0, 0.1) is 0 Å². The quantitative estimate of drug-likeness (QED) is 0.705. The first kappa shape index (κ1) is 7.97. The van der Waals surface area contributed by atoms with E-state index in [0.29, 0.717) is 11.3 Å². The van der Waals surface area contributed by atoms with E-state index in [2.05, 4.69) is 15.3 Å². The molecule has 2 aromatic heterocycles. The fourth-order valence-electron chi connectivity index (χ4n) is 1.27. The van der Waals surface area contributed by atoms with E-state index in [4.69, 9.17) is 5.73 Å². The van der Waals surface area contributed by atoms with Crippen molar-refractivity contribution in [2.75, 3.05) is 5.73 Å². The second-order valence-electron chi connectivity index (χ2n) is 3.19. The van der Waals surface area contributed by atoms with Crippen LogP contribution in [-0.2, 0) is 0 Å². The summed E-state index contributed by atoms with van der Waals surface area (Å²) in [5, 5.41) is 7.97. The Morgan fingerprint density at radius 1 is 1.46 bits per heavy atom. The number of aromatic nitrogens is 4. The highest BCUT2D eigenvalue weighted by Gasteiger charge is 2.09. The number of rotatable bonds is 1. The van der Waals surface area contributed by atoms with E-state index in [1.54, 1.807) is 6.20 Å². The van der Waals surface area contributed by atoms with Crippen LogP contribution in [0.1, 0.15) is 19.9 Å². The summed E-state index contributed by atoms with van der Waals surface area (Å²) in [5.74, 6) is 0.435. The Morgan fingerprint density at radius 2 is 2.23 bits per heavy atom. The zero-order valence-corrected chi connectivity index (χ0v) is 7.60. The maximum Gasteiger partial charge on any atom is 0.155 e. The van der Waals surface area contributed by atoms with Crippen molar-refractivity contribution in [2.24, 2.45) is 0 Å². The molecular formula is C8H11N5. The Balaban J connectivity index is 2.75. The monoisotopic (exact) mass is 177 g/mol. The van der Waals surface area contributed by atoms with Crippen LogP contribution in [-0.4, -0.2) is 20.0 Å². The van der Waals surface area contributed by atoms with Crippen molar-refractivity contribution in [3.8, 4) is 0 Å². The number of nitrogen functional groups attached to an aromatic ring is 1. The Bertz CT molecular complexity index is 431. The maximum atomic E-state index is 5.64.